The van der Waals surface area contributed by atoms with Crippen molar-refractivity contribution in [1.82, 2.24) is 19.9 Å². The minimum absolute atomic E-state index is 0.180. The van der Waals surface area contributed by atoms with Crippen LogP contribution in [0, 0.1) is 5.82 Å². The molecular weight excluding hydrogens is 455 g/mol. The standard InChI is InChI=1S/C21H20BrFN4O3/c1-29-16-5-2-14(3-6-16)20-24-19(30-25-20)13-26-8-10-27(11-9-26)21(28)17-12-15(23)4-7-18(17)22/h2-7,12H,8-11,13H2,1H3. The third-order valence-corrected chi connectivity index (χ3v) is 5.68. The maximum atomic E-state index is 13.5. The maximum absolute atomic E-state index is 13.5. The van der Waals surface area contributed by atoms with E-state index in [1.54, 1.807) is 18.1 Å². The number of rotatable bonds is 5. The summed E-state index contributed by atoms with van der Waals surface area (Å²) in [6, 6.07) is 11.6. The van der Waals surface area contributed by atoms with Crippen molar-refractivity contribution in [2.45, 2.75) is 6.54 Å². The summed E-state index contributed by atoms with van der Waals surface area (Å²) in [5, 5.41) is 4.05. The second-order valence-corrected chi connectivity index (χ2v) is 7.79. The zero-order chi connectivity index (χ0) is 21.1. The van der Waals surface area contributed by atoms with E-state index in [-0.39, 0.29) is 5.91 Å². The van der Waals surface area contributed by atoms with Crippen molar-refractivity contribution in [3.05, 3.63) is 64.2 Å². The van der Waals surface area contributed by atoms with Crippen LogP contribution in [0.5, 0.6) is 5.75 Å². The van der Waals surface area contributed by atoms with Crippen molar-refractivity contribution in [2.75, 3.05) is 33.3 Å². The van der Waals surface area contributed by atoms with E-state index in [0.717, 1.165) is 11.3 Å². The molecule has 1 aromatic heterocycles. The average Bonchev–Trinajstić information content (AvgIpc) is 3.24. The van der Waals surface area contributed by atoms with E-state index in [4.69, 9.17) is 9.26 Å². The molecule has 1 aliphatic heterocycles. The SMILES string of the molecule is COc1ccc(-c2noc(CN3CCN(C(=O)c4cc(F)ccc4Br)CC3)n2)cc1. The smallest absolute Gasteiger partial charge is 0.255 e. The van der Waals surface area contributed by atoms with Crippen LogP contribution in [0.25, 0.3) is 11.4 Å². The number of halogens is 2. The number of hydrogen-bond donors (Lipinski definition) is 0. The fraction of sp³-hybridized carbons (Fsp3) is 0.286. The molecule has 0 unspecified atom stereocenters. The van der Waals surface area contributed by atoms with Gasteiger partial charge in [-0.2, -0.15) is 4.98 Å². The molecular formula is C21H20BrFN4O3. The van der Waals surface area contributed by atoms with Crippen LogP contribution in [0.15, 0.2) is 51.5 Å². The summed E-state index contributed by atoms with van der Waals surface area (Å²) in [7, 11) is 1.62. The summed E-state index contributed by atoms with van der Waals surface area (Å²) in [4.78, 5) is 21.0. The minimum Gasteiger partial charge on any atom is -0.497 e. The summed E-state index contributed by atoms with van der Waals surface area (Å²) in [6.45, 7) is 2.93. The lowest BCUT2D eigenvalue weighted by Gasteiger charge is -2.34. The van der Waals surface area contributed by atoms with Gasteiger partial charge in [0.2, 0.25) is 11.7 Å². The van der Waals surface area contributed by atoms with Gasteiger partial charge in [-0.25, -0.2) is 4.39 Å². The van der Waals surface area contributed by atoms with E-state index >= 15 is 0 Å². The van der Waals surface area contributed by atoms with Crippen molar-refractivity contribution in [2.24, 2.45) is 0 Å². The second kappa shape index (κ2) is 8.93. The third kappa shape index (κ3) is 4.52. The van der Waals surface area contributed by atoms with Crippen molar-refractivity contribution >= 4 is 21.8 Å². The third-order valence-electron chi connectivity index (χ3n) is 4.99. The Morgan fingerprint density at radius 2 is 1.90 bits per heavy atom. The van der Waals surface area contributed by atoms with E-state index < -0.39 is 5.82 Å². The van der Waals surface area contributed by atoms with Gasteiger partial charge in [0.1, 0.15) is 11.6 Å². The van der Waals surface area contributed by atoms with Crippen LogP contribution in [0.4, 0.5) is 4.39 Å². The molecule has 4 rings (SSSR count). The molecule has 0 aliphatic carbocycles. The highest BCUT2D eigenvalue weighted by Crippen LogP contribution is 2.22. The van der Waals surface area contributed by atoms with E-state index in [0.29, 0.717) is 54.5 Å². The van der Waals surface area contributed by atoms with Crippen LogP contribution in [-0.2, 0) is 6.54 Å². The highest BCUT2D eigenvalue weighted by atomic mass is 79.9. The van der Waals surface area contributed by atoms with E-state index in [1.165, 1.54) is 12.1 Å². The van der Waals surface area contributed by atoms with Gasteiger partial charge in [0.15, 0.2) is 0 Å². The Morgan fingerprint density at radius 3 is 2.60 bits per heavy atom. The number of carbonyl (C=O) groups is 1. The zero-order valence-corrected chi connectivity index (χ0v) is 17.9. The second-order valence-electron chi connectivity index (χ2n) is 6.93. The van der Waals surface area contributed by atoms with Crippen LogP contribution in [-0.4, -0.2) is 59.1 Å². The molecule has 1 aliphatic rings. The normalized spacial score (nSPS) is 14.7. The molecule has 0 spiro atoms. The molecule has 1 saturated heterocycles. The Bertz CT molecular complexity index is 1030. The zero-order valence-electron chi connectivity index (χ0n) is 16.3. The van der Waals surface area contributed by atoms with Gasteiger partial charge in [0, 0.05) is 36.2 Å². The first-order valence-corrected chi connectivity index (χ1v) is 10.3. The molecule has 7 nitrogen and oxygen atoms in total. The molecule has 2 heterocycles. The molecule has 0 radical (unpaired) electrons. The first-order valence-electron chi connectivity index (χ1n) is 9.47. The van der Waals surface area contributed by atoms with Gasteiger partial charge in [-0.1, -0.05) is 5.16 Å². The molecule has 0 atom stereocenters. The number of benzene rings is 2. The quantitative estimate of drug-likeness (QED) is 0.562. The molecule has 0 N–H and O–H groups in total. The fourth-order valence-corrected chi connectivity index (χ4v) is 3.72. The number of methoxy groups -OCH3 is 1. The van der Waals surface area contributed by atoms with Gasteiger partial charge in [-0.3, -0.25) is 9.69 Å². The largest absolute Gasteiger partial charge is 0.497 e. The number of hydrogen-bond acceptors (Lipinski definition) is 6. The molecule has 156 valence electrons. The van der Waals surface area contributed by atoms with Crippen LogP contribution in [0.1, 0.15) is 16.2 Å². The predicted molar refractivity (Wildman–Crippen MR) is 112 cm³/mol. The van der Waals surface area contributed by atoms with E-state index in [2.05, 4.69) is 31.0 Å². The first kappa shape index (κ1) is 20.5. The predicted octanol–water partition coefficient (Wildman–Crippen LogP) is 3.60. The van der Waals surface area contributed by atoms with Crippen LogP contribution in [0.3, 0.4) is 0 Å². The lowest BCUT2D eigenvalue weighted by molar-refractivity contribution is 0.0613. The number of aromatic nitrogens is 2. The van der Waals surface area contributed by atoms with Crippen LogP contribution >= 0.6 is 15.9 Å². The number of nitrogens with zero attached hydrogens (tertiary/aromatic N) is 4. The summed E-state index contributed by atoms with van der Waals surface area (Å²) in [5.74, 6) is 1.20. The number of amides is 1. The minimum atomic E-state index is -0.427. The van der Waals surface area contributed by atoms with Crippen LogP contribution < -0.4 is 4.74 Å². The summed E-state index contributed by atoms with van der Waals surface area (Å²) >= 11 is 3.32. The highest BCUT2D eigenvalue weighted by molar-refractivity contribution is 9.10. The summed E-state index contributed by atoms with van der Waals surface area (Å²) in [6.07, 6.45) is 0. The number of carbonyl (C=O) groups excluding carboxylic acids is 1. The lowest BCUT2D eigenvalue weighted by Crippen LogP contribution is -2.48. The first-order chi connectivity index (χ1) is 14.5. The lowest BCUT2D eigenvalue weighted by atomic mass is 10.1. The van der Waals surface area contributed by atoms with Gasteiger partial charge >= 0.3 is 0 Å². The molecule has 3 aromatic rings. The van der Waals surface area contributed by atoms with Gasteiger partial charge in [-0.05, 0) is 58.4 Å². The summed E-state index contributed by atoms with van der Waals surface area (Å²) in [5.41, 5.74) is 1.19. The molecule has 9 heteroatoms. The van der Waals surface area contributed by atoms with Gasteiger partial charge in [0.25, 0.3) is 5.91 Å². The number of piperazine rings is 1. The Balaban J connectivity index is 1.34. The molecule has 0 saturated carbocycles. The topological polar surface area (TPSA) is 71.7 Å². The molecule has 1 fully saturated rings. The number of ether oxygens (including phenoxy) is 1. The van der Waals surface area contributed by atoms with Crippen molar-refractivity contribution < 1.29 is 18.4 Å². The van der Waals surface area contributed by atoms with Gasteiger partial charge in [0.05, 0.1) is 19.2 Å². The van der Waals surface area contributed by atoms with Gasteiger partial charge in [-0.15, -0.1) is 0 Å². The Kier molecular flexibility index (Phi) is 6.10. The van der Waals surface area contributed by atoms with Crippen molar-refractivity contribution in [3.63, 3.8) is 0 Å². The van der Waals surface area contributed by atoms with Gasteiger partial charge < -0.3 is 14.2 Å². The average molecular weight is 475 g/mol. The maximum Gasteiger partial charge on any atom is 0.255 e. The summed E-state index contributed by atoms with van der Waals surface area (Å²) < 4.78 is 24.6. The van der Waals surface area contributed by atoms with E-state index in [1.807, 2.05) is 24.3 Å². The van der Waals surface area contributed by atoms with Crippen molar-refractivity contribution in [3.8, 4) is 17.1 Å². The molecule has 1 amide bonds. The molecule has 30 heavy (non-hydrogen) atoms. The Hall–Kier alpha value is -2.78. The van der Waals surface area contributed by atoms with Crippen LogP contribution in [0.2, 0.25) is 0 Å². The monoisotopic (exact) mass is 474 g/mol. The van der Waals surface area contributed by atoms with Crippen molar-refractivity contribution in [1.29, 1.82) is 0 Å². The molecule has 2 aromatic carbocycles. The Labute approximate surface area is 181 Å². The van der Waals surface area contributed by atoms with E-state index in [9.17, 15) is 9.18 Å². The fourth-order valence-electron chi connectivity index (χ4n) is 3.31. The Morgan fingerprint density at radius 1 is 1.17 bits per heavy atom. The highest BCUT2D eigenvalue weighted by Gasteiger charge is 2.25. The molecule has 0 bridgehead atoms.